The summed E-state index contributed by atoms with van der Waals surface area (Å²) in [7, 11) is 6.64. The van der Waals surface area contributed by atoms with Gasteiger partial charge in [0.15, 0.2) is 0 Å². The van der Waals surface area contributed by atoms with Gasteiger partial charge in [0.2, 0.25) is 0 Å². The third-order valence-electron chi connectivity index (χ3n) is 18.4. The number of thiophene rings is 6. The summed E-state index contributed by atoms with van der Waals surface area (Å²) in [5, 5.41) is 19.7. The molecule has 0 saturated carbocycles. The van der Waals surface area contributed by atoms with Crippen molar-refractivity contribution in [3.63, 3.8) is 0 Å². The largest absolute Gasteiger partial charge is 0.477 e. The van der Waals surface area contributed by atoms with Crippen LogP contribution < -0.4 is 31.5 Å². The molecule has 0 spiro atoms. The van der Waals surface area contributed by atoms with Gasteiger partial charge in [0, 0.05) is 94.9 Å². The topological polar surface area (TPSA) is 352 Å². The number of aromatic carboxylic acids is 1. The molecule has 3 fully saturated rings. The Balaban J connectivity index is 0.000000265. The summed E-state index contributed by atoms with van der Waals surface area (Å²) in [5.74, 6) is 27.0. The highest BCUT2D eigenvalue weighted by Crippen LogP contribution is 2.41. The molecule has 0 radical (unpaired) electrons. The monoisotopic (exact) mass is 2200 g/mol. The molecule has 142 heavy (non-hydrogen) atoms. The first kappa shape index (κ1) is 121. The van der Waals surface area contributed by atoms with Gasteiger partial charge in [0.25, 0.3) is 11.8 Å². The van der Waals surface area contributed by atoms with E-state index in [9.17, 15) is 53.1 Å². The molecule has 11 rings (SSSR count). The lowest BCUT2D eigenvalue weighted by Gasteiger charge is -2.34. The van der Waals surface area contributed by atoms with Gasteiger partial charge in [-0.15, -0.1) is 68.0 Å². The number of nitrogens with one attached hydrogen (secondary N) is 3. The summed E-state index contributed by atoms with van der Waals surface area (Å²) in [6.07, 6.45) is 3.10. The predicted molar refractivity (Wildman–Crippen MR) is 575 cm³/mol. The van der Waals surface area contributed by atoms with Crippen LogP contribution in [0.5, 0.6) is 0 Å². The van der Waals surface area contributed by atoms with Crippen molar-refractivity contribution in [1.29, 1.82) is 0 Å². The van der Waals surface area contributed by atoms with E-state index in [0.29, 0.717) is 140 Å². The van der Waals surface area contributed by atoms with Gasteiger partial charge in [0.05, 0.1) is 119 Å². The molecular formula is C104H123BrCl4N6O21S6. The maximum atomic E-state index is 13.7. The summed E-state index contributed by atoms with van der Waals surface area (Å²) in [5.41, 5.74) is 7.09. The highest BCUT2D eigenvalue weighted by molar-refractivity contribution is 9.11. The number of rotatable bonds is 16. The molecule has 0 bridgehead atoms. The minimum Gasteiger partial charge on any atom is -0.477 e. The Morgan fingerprint density at radius 1 is 0.387 bits per heavy atom. The zero-order valence-electron chi connectivity index (χ0n) is 84.6. The number of anilines is 6. The number of esters is 5. The molecule has 0 aliphatic carbocycles. The smallest absolute Gasteiger partial charge is 0.412 e. The van der Waals surface area contributed by atoms with Gasteiger partial charge in [-0.1, -0.05) is 106 Å². The fraction of sp³-hybridized carbons (Fsp3) is 0.462. The number of carboxylic acid groups (broad SMARTS) is 1. The minimum atomic E-state index is -1.10. The molecule has 4 amide bonds. The fourth-order valence-electron chi connectivity index (χ4n) is 12.2. The standard InChI is InChI=1S/C24H25Cl2NO4S.C23H23Cl2NO4S.C17H23NO4S.C17H23NO3S.C12H15NO2S.C11H14BrNO4S/c1-24(2,3)10-7-17-14-20(21(32-17)23(29)30-4)27(16-8-11-31-12-9-16)22(28)18-6-5-15(25)13-19(18)26;1-23(2,3)9-6-16-13-19(20(31-16)22(28)29)26(15-7-10-30-11-8-15)21(27)17-5-4-14(24)12-18(17)25;1-16(2,3)9-8-11-10-12(13(23-11)14(19)21-7)18-15(20)22-17(4,5)6;1-17(2,3)8-5-13-11-14(15(22-13)16(19)20-4)18-12-6-9-21-10-7-12;1-12(2,3)6-5-8-7-9(13)10(16-8)11(14)15-4;1-11(2,3)17-10(15)13-6-5-7(12)18-8(6)9(14)16-4/h5-6,13-14,16H,8-9,11-12H2,1-4H3;4-5,12-13,15H,7-8,10-11H2,1-3H3,(H,28,29);10H,1-7H3,(H,18,20);11-12,18H,6-7,9-10H2,1-4H3;7H,13H2,1-4H3;5H,1-4H3,(H,13,15). The summed E-state index contributed by atoms with van der Waals surface area (Å²) >= 11 is 35.2. The molecule has 3 aliphatic heterocycles. The minimum absolute atomic E-state index is 0.0653. The molecule has 3 saturated heterocycles. The van der Waals surface area contributed by atoms with E-state index in [1.54, 1.807) is 106 Å². The van der Waals surface area contributed by atoms with E-state index in [-0.39, 0.29) is 82.3 Å². The maximum Gasteiger partial charge on any atom is 0.412 e. The maximum absolute atomic E-state index is 13.7. The van der Waals surface area contributed by atoms with E-state index < -0.39 is 53.2 Å². The van der Waals surface area contributed by atoms with Crippen LogP contribution in [0.15, 0.2) is 76.6 Å². The van der Waals surface area contributed by atoms with Gasteiger partial charge in [-0.3, -0.25) is 20.2 Å². The second kappa shape index (κ2) is 54.2. The molecule has 9 heterocycles. The lowest BCUT2D eigenvalue weighted by molar-refractivity contribution is 0.0594. The third kappa shape index (κ3) is 40.8. The molecule has 6 N–H and O–H groups in total. The third-order valence-corrected chi connectivity index (χ3v) is 26.3. The van der Waals surface area contributed by atoms with Crippen LogP contribution in [0.4, 0.5) is 43.7 Å². The van der Waals surface area contributed by atoms with Crippen molar-refractivity contribution in [3.05, 3.63) is 161 Å². The molecule has 8 aromatic rings. The highest BCUT2D eigenvalue weighted by atomic mass is 79.9. The van der Waals surface area contributed by atoms with Crippen LogP contribution in [-0.2, 0) is 47.4 Å². The number of ether oxygens (including phenoxy) is 10. The Bertz CT molecular complexity index is 6160. The van der Waals surface area contributed by atoms with Crippen molar-refractivity contribution in [3.8, 4) is 59.2 Å². The number of nitrogens with two attached hydrogens (primary N) is 1. The summed E-state index contributed by atoms with van der Waals surface area (Å²) in [6.45, 7) is 44.4. The van der Waals surface area contributed by atoms with E-state index in [1.807, 2.05) is 89.2 Å². The Hall–Kier alpha value is -10.1. The number of methoxy groups -OCH3 is 5. The predicted octanol–water partition coefficient (Wildman–Crippen LogP) is 26.0. The molecule has 766 valence electrons. The number of carbonyl (C=O) groups excluding carboxylic acids is 9. The lowest BCUT2D eigenvalue weighted by atomic mass is 9.98. The van der Waals surface area contributed by atoms with Gasteiger partial charge in [-0.25, -0.2) is 38.4 Å². The van der Waals surface area contributed by atoms with Crippen LogP contribution in [0, 0.1) is 86.3 Å². The molecule has 27 nitrogen and oxygen atoms in total. The Morgan fingerprint density at radius 3 is 1.02 bits per heavy atom. The van der Waals surface area contributed by atoms with Crippen LogP contribution in [0.3, 0.4) is 0 Å². The number of carbonyl (C=O) groups is 10. The second-order valence-corrected chi connectivity index (χ2v) is 48.3. The molecule has 38 heteroatoms. The van der Waals surface area contributed by atoms with Crippen molar-refractivity contribution in [2.45, 2.75) is 213 Å². The Labute approximate surface area is 885 Å². The summed E-state index contributed by atoms with van der Waals surface area (Å²) in [4.78, 5) is 131. The zero-order valence-corrected chi connectivity index (χ0v) is 94.1. The normalized spacial score (nSPS) is 13.3. The number of hydrogen-bond acceptors (Lipinski definition) is 28. The number of benzene rings is 2. The van der Waals surface area contributed by atoms with Gasteiger partial charge < -0.3 is 73.3 Å². The van der Waals surface area contributed by atoms with Crippen molar-refractivity contribution < 1.29 is 100 Å². The molecule has 6 aromatic heterocycles. The van der Waals surface area contributed by atoms with E-state index in [2.05, 4.69) is 121 Å². The Kier molecular flexibility index (Phi) is 46.0. The number of amides is 4. The Morgan fingerprint density at radius 2 is 0.676 bits per heavy atom. The first-order valence-electron chi connectivity index (χ1n) is 44.6. The number of nitrogens with zero attached hydrogens (tertiary/aromatic N) is 2. The second-order valence-electron chi connectivity index (χ2n) is 38.9. The molecule has 2 aromatic carbocycles. The fourth-order valence-corrected chi connectivity index (χ4v) is 19.0. The average Bonchev–Trinajstić information content (AvgIpc) is 1.59. The van der Waals surface area contributed by atoms with Crippen LogP contribution in [0.2, 0.25) is 20.1 Å². The van der Waals surface area contributed by atoms with Crippen molar-refractivity contribution in [2.24, 2.45) is 27.1 Å². The van der Waals surface area contributed by atoms with Crippen molar-refractivity contribution in [2.75, 3.05) is 107 Å². The van der Waals surface area contributed by atoms with Crippen LogP contribution >= 0.6 is 130 Å². The molecular weight excluding hydrogens is 2080 g/mol. The van der Waals surface area contributed by atoms with Gasteiger partial charge in [0.1, 0.15) is 40.5 Å². The van der Waals surface area contributed by atoms with E-state index in [1.165, 1.54) is 104 Å². The highest BCUT2D eigenvalue weighted by Gasteiger charge is 2.37. The van der Waals surface area contributed by atoms with E-state index in [0.717, 1.165) is 52.8 Å². The number of nitrogen functional groups attached to an aromatic ring is 1. The quantitative estimate of drug-likeness (QED) is 0.0341. The molecule has 0 unspecified atom stereocenters. The lowest BCUT2D eigenvalue weighted by Crippen LogP contribution is -2.44. The SMILES string of the molecule is CC(C)(C)C#Cc1cc(N(C(=O)c2ccc(Cl)cc2Cl)C2CCOCC2)c(C(=O)O)s1.COC(=O)c1sc(Br)cc1NC(=O)OC(C)(C)C.COC(=O)c1sc(C#CC(C)(C)C)cc1N.COC(=O)c1sc(C#CC(C)(C)C)cc1N(C(=O)c1ccc(Cl)cc1Cl)C1CCOCC1.COC(=O)c1sc(C#CC(C)(C)C)cc1NC(=O)OC(C)(C)C.COC(=O)c1sc(C#CC(C)(C)C)cc1NC1CCOCC1. The van der Waals surface area contributed by atoms with Gasteiger partial charge >= 0.3 is 48.0 Å². The summed E-state index contributed by atoms with van der Waals surface area (Å²) in [6, 6.07) is 19.8. The average molecular weight is 2210 g/mol. The van der Waals surface area contributed by atoms with Crippen molar-refractivity contribution >= 4 is 224 Å². The first-order chi connectivity index (χ1) is 66.0. The van der Waals surface area contributed by atoms with E-state index >= 15 is 0 Å². The number of carboxylic acids is 1. The molecule has 0 atom stereocenters. The first-order valence-corrected chi connectivity index (χ1v) is 51.9. The van der Waals surface area contributed by atoms with Crippen LogP contribution in [0.25, 0.3) is 0 Å². The van der Waals surface area contributed by atoms with Gasteiger partial charge in [-0.2, -0.15) is 0 Å². The van der Waals surface area contributed by atoms with Crippen LogP contribution in [-0.4, -0.2) is 169 Å². The number of hydrogen-bond donors (Lipinski definition) is 5. The summed E-state index contributed by atoms with van der Waals surface area (Å²) < 4.78 is 51.2. The van der Waals surface area contributed by atoms with E-state index in [4.69, 9.17) is 90.0 Å². The molecule has 3 aliphatic rings. The van der Waals surface area contributed by atoms with Crippen molar-refractivity contribution in [1.82, 2.24) is 0 Å². The van der Waals surface area contributed by atoms with Gasteiger partial charge in [-0.05, 0) is 273 Å². The zero-order chi connectivity index (χ0) is 106. The van der Waals surface area contributed by atoms with Crippen LogP contribution in [0.1, 0.15) is 287 Å². The number of halogens is 5.